The number of hydrogen-bond donors (Lipinski definition) is 2. The third-order valence-corrected chi connectivity index (χ3v) is 3.79. The highest BCUT2D eigenvalue weighted by atomic mass is 16.4. The third-order valence-electron chi connectivity index (χ3n) is 3.79. The number of aliphatic hydroxyl groups is 1. The first-order valence-corrected chi connectivity index (χ1v) is 6.85. The first kappa shape index (κ1) is 14.0. The van der Waals surface area contributed by atoms with Gasteiger partial charge in [-0.05, 0) is 31.4 Å². The van der Waals surface area contributed by atoms with Gasteiger partial charge in [0.05, 0.1) is 12.5 Å². The predicted molar refractivity (Wildman–Crippen MR) is 72.9 cm³/mol. The van der Waals surface area contributed by atoms with E-state index < -0.39 is 12.1 Å². The molecule has 19 heavy (non-hydrogen) atoms. The first-order valence-electron chi connectivity index (χ1n) is 6.85. The molecule has 1 aliphatic rings. The summed E-state index contributed by atoms with van der Waals surface area (Å²) in [6.45, 7) is 1.53. The van der Waals surface area contributed by atoms with Crippen molar-refractivity contribution >= 4 is 5.97 Å². The van der Waals surface area contributed by atoms with E-state index in [0.29, 0.717) is 19.0 Å². The van der Waals surface area contributed by atoms with Crippen molar-refractivity contribution in [2.75, 3.05) is 13.1 Å². The fourth-order valence-electron chi connectivity index (χ4n) is 2.76. The largest absolute Gasteiger partial charge is 0.481 e. The Morgan fingerprint density at radius 2 is 2.11 bits per heavy atom. The molecule has 4 heteroatoms. The molecule has 0 aromatic heterocycles. The standard InChI is InChI=1S/C15H21NO3/c17-14(12-5-2-1-3-6-12)11-13-7-4-9-16(13)10-8-15(18)19/h1-3,5-6,13-14,17H,4,7-11H2,(H,18,19)/t13-,14+/m0/s1. The number of carboxylic acids is 1. The minimum Gasteiger partial charge on any atom is -0.481 e. The van der Waals surface area contributed by atoms with Gasteiger partial charge in [0, 0.05) is 12.6 Å². The van der Waals surface area contributed by atoms with Crippen molar-refractivity contribution in [1.82, 2.24) is 4.90 Å². The summed E-state index contributed by atoms with van der Waals surface area (Å²) in [5.41, 5.74) is 0.938. The molecule has 1 aromatic rings. The topological polar surface area (TPSA) is 60.8 Å². The van der Waals surface area contributed by atoms with Gasteiger partial charge in [-0.1, -0.05) is 30.3 Å². The van der Waals surface area contributed by atoms with Crippen LogP contribution in [0.15, 0.2) is 30.3 Å². The second-order valence-corrected chi connectivity index (χ2v) is 5.14. The monoisotopic (exact) mass is 263 g/mol. The summed E-state index contributed by atoms with van der Waals surface area (Å²) in [6.07, 6.45) is 2.54. The summed E-state index contributed by atoms with van der Waals surface area (Å²) in [4.78, 5) is 12.8. The molecule has 2 N–H and O–H groups in total. The van der Waals surface area contributed by atoms with E-state index in [0.717, 1.165) is 24.9 Å². The molecule has 0 bridgehead atoms. The molecule has 1 fully saturated rings. The van der Waals surface area contributed by atoms with Gasteiger partial charge in [-0.15, -0.1) is 0 Å². The van der Waals surface area contributed by atoms with Crippen molar-refractivity contribution in [3.8, 4) is 0 Å². The fraction of sp³-hybridized carbons (Fsp3) is 0.533. The van der Waals surface area contributed by atoms with E-state index in [1.54, 1.807) is 0 Å². The first-order chi connectivity index (χ1) is 9.16. The van der Waals surface area contributed by atoms with Gasteiger partial charge in [-0.2, -0.15) is 0 Å². The highest BCUT2D eigenvalue weighted by Crippen LogP contribution is 2.27. The molecule has 2 rings (SSSR count). The summed E-state index contributed by atoms with van der Waals surface area (Å²) in [6, 6.07) is 9.95. The molecule has 1 aliphatic heterocycles. The SMILES string of the molecule is O=C(O)CCN1CCC[C@H]1C[C@@H](O)c1ccccc1. The molecule has 1 aromatic carbocycles. The van der Waals surface area contributed by atoms with Crippen LogP contribution in [-0.2, 0) is 4.79 Å². The fourth-order valence-corrected chi connectivity index (χ4v) is 2.76. The zero-order chi connectivity index (χ0) is 13.7. The van der Waals surface area contributed by atoms with Crippen LogP contribution >= 0.6 is 0 Å². The molecule has 0 unspecified atom stereocenters. The van der Waals surface area contributed by atoms with Gasteiger partial charge in [0.2, 0.25) is 0 Å². The van der Waals surface area contributed by atoms with Crippen LogP contribution in [0.2, 0.25) is 0 Å². The van der Waals surface area contributed by atoms with Crippen molar-refractivity contribution in [2.45, 2.75) is 37.8 Å². The molecule has 0 spiro atoms. The van der Waals surface area contributed by atoms with Gasteiger partial charge in [0.15, 0.2) is 0 Å². The van der Waals surface area contributed by atoms with Crippen LogP contribution in [0.3, 0.4) is 0 Å². The van der Waals surface area contributed by atoms with Gasteiger partial charge >= 0.3 is 5.97 Å². The van der Waals surface area contributed by atoms with E-state index in [9.17, 15) is 9.90 Å². The van der Waals surface area contributed by atoms with Crippen LogP contribution in [0.5, 0.6) is 0 Å². The molecule has 2 atom stereocenters. The number of aliphatic carboxylic acids is 1. The summed E-state index contributed by atoms with van der Waals surface area (Å²) in [5.74, 6) is -0.755. The lowest BCUT2D eigenvalue weighted by Crippen LogP contribution is -2.32. The number of carbonyl (C=O) groups is 1. The third kappa shape index (κ3) is 4.04. The van der Waals surface area contributed by atoms with Crippen molar-refractivity contribution in [3.63, 3.8) is 0 Å². The summed E-state index contributed by atoms with van der Waals surface area (Å²) in [7, 11) is 0. The Kier molecular flexibility index (Phi) is 4.93. The molecule has 0 aliphatic carbocycles. The van der Waals surface area contributed by atoms with E-state index in [2.05, 4.69) is 4.90 Å². The van der Waals surface area contributed by atoms with Crippen molar-refractivity contribution in [2.24, 2.45) is 0 Å². The molecular weight excluding hydrogens is 242 g/mol. The number of rotatable bonds is 6. The highest BCUT2D eigenvalue weighted by Gasteiger charge is 2.27. The molecule has 104 valence electrons. The summed E-state index contributed by atoms with van der Waals surface area (Å²) < 4.78 is 0. The maximum atomic E-state index is 10.6. The van der Waals surface area contributed by atoms with E-state index in [1.807, 2.05) is 30.3 Å². The van der Waals surface area contributed by atoms with Crippen LogP contribution in [-0.4, -0.2) is 40.2 Å². The average molecular weight is 263 g/mol. The van der Waals surface area contributed by atoms with Crippen molar-refractivity contribution in [1.29, 1.82) is 0 Å². The Morgan fingerprint density at radius 3 is 2.79 bits per heavy atom. The number of hydrogen-bond acceptors (Lipinski definition) is 3. The second kappa shape index (κ2) is 6.68. The van der Waals surface area contributed by atoms with Crippen molar-refractivity contribution < 1.29 is 15.0 Å². The zero-order valence-electron chi connectivity index (χ0n) is 11.0. The smallest absolute Gasteiger partial charge is 0.304 e. The molecule has 1 heterocycles. The molecular formula is C15H21NO3. The minimum absolute atomic E-state index is 0.179. The average Bonchev–Trinajstić information content (AvgIpc) is 2.84. The summed E-state index contributed by atoms with van der Waals surface area (Å²) >= 11 is 0. The number of carboxylic acid groups (broad SMARTS) is 1. The zero-order valence-corrected chi connectivity index (χ0v) is 11.0. The van der Waals surface area contributed by atoms with Gasteiger partial charge < -0.3 is 10.2 Å². The maximum Gasteiger partial charge on any atom is 0.304 e. The van der Waals surface area contributed by atoms with Crippen LogP contribution in [0.4, 0.5) is 0 Å². The Labute approximate surface area is 113 Å². The van der Waals surface area contributed by atoms with Crippen LogP contribution in [0, 0.1) is 0 Å². The summed E-state index contributed by atoms with van der Waals surface area (Å²) in [5, 5.41) is 19.0. The number of nitrogens with zero attached hydrogens (tertiary/aromatic N) is 1. The molecule has 1 saturated heterocycles. The van der Waals surface area contributed by atoms with Crippen molar-refractivity contribution in [3.05, 3.63) is 35.9 Å². The van der Waals surface area contributed by atoms with Gasteiger partial charge in [0.25, 0.3) is 0 Å². The Bertz CT molecular complexity index is 407. The molecule has 0 saturated carbocycles. The lowest BCUT2D eigenvalue weighted by molar-refractivity contribution is -0.137. The quantitative estimate of drug-likeness (QED) is 0.824. The molecule has 0 radical (unpaired) electrons. The van der Waals surface area contributed by atoms with E-state index in [-0.39, 0.29) is 6.42 Å². The number of likely N-dealkylation sites (tertiary alicyclic amines) is 1. The second-order valence-electron chi connectivity index (χ2n) is 5.14. The Hall–Kier alpha value is -1.39. The highest BCUT2D eigenvalue weighted by molar-refractivity contribution is 5.66. The number of aliphatic hydroxyl groups excluding tert-OH is 1. The normalized spacial score (nSPS) is 21.4. The predicted octanol–water partition coefficient (Wildman–Crippen LogP) is 2.05. The lowest BCUT2D eigenvalue weighted by Gasteiger charge is -2.26. The van der Waals surface area contributed by atoms with E-state index in [1.165, 1.54) is 0 Å². The number of benzene rings is 1. The van der Waals surface area contributed by atoms with Crippen LogP contribution < -0.4 is 0 Å². The lowest BCUT2D eigenvalue weighted by atomic mass is 10.0. The van der Waals surface area contributed by atoms with Gasteiger partial charge in [-0.25, -0.2) is 0 Å². The Morgan fingerprint density at radius 1 is 1.37 bits per heavy atom. The van der Waals surface area contributed by atoms with Gasteiger partial charge in [0.1, 0.15) is 0 Å². The Balaban J connectivity index is 1.88. The maximum absolute atomic E-state index is 10.6. The van der Waals surface area contributed by atoms with E-state index in [4.69, 9.17) is 5.11 Å². The molecule has 4 nitrogen and oxygen atoms in total. The van der Waals surface area contributed by atoms with Gasteiger partial charge in [-0.3, -0.25) is 9.69 Å². The van der Waals surface area contributed by atoms with Crippen LogP contribution in [0.25, 0.3) is 0 Å². The minimum atomic E-state index is -0.755. The molecule has 0 amide bonds. The van der Waals surface area contributed by atoms with Crippen LogP contribution in [0.1, 0.15) is 37.4 Å². The van der Waals surface area contributed by atoms with E-state index >= 15 is 0 Å².